The van der Waals surface area contributed by atoms with Crippen LogP contribution in [0.5, 0.6) is 0 Å². The Kier molecular flexibility index (Phi) is 5.44. The van der Waals surface area contributed by atoms with E-state index < -0.39 is 6.04 Å². The van der Waals surface area contributed by atoms with E-state index in [-0.39, 0.29) is 11.2 Å². The summed E-state index contributed by atoms with van der Waals surface area (Å²) in [5, 5.41) is 6.05. The lowest BCUT2D eigenvalue weighted by Gasteiger charge is -2.14. The Hall–Kier alpha value is -1.07. The van der Waals surface area contributed by atoms with Crippen LogP contribution in [0.25, 0.3) is 0 Å². The van der Waals surface area contributed by atoms with E-state index in [1.807, 2.05) is 6.92 Å². The van der Waals surface area contributed by atoms with Crippen LogP contribution in [0.2, 0.25) is 10.3 Å². The Morgan fingerprint density at radius 3 is 2.88 bits per heavy atom. The molecule has 1 rings (SSSR count). The van der Waals surface area contributed by atoms with Gasteiger partial charge in [0.25, 0.3) is 0 Å². The van der Waals surface area contributed by atoms with Gasteiger partial charge in [-0.2, -0.15) is 4.98 Å². The Morgan fingerprint density at radius 2 is 2.24 bits per heavy atom. The van der Waals surface area contributed by atoms with Crippen molar-refractivity contribution in [1.29, 1.82) is 0 Å². The van der Waals surface area contributed by atoms with Crippen molar-refractivity contribution in [2.45, 2.75) is 26.3 Å². The zero-order valence-corrected chi connectivity index (χ0v) is 11.1. The maximum absolute atomic E-state index is 11.6. The molecule has 0 aromatic carbocycles. The molecule has 0 bridgehead atoms. The van der Waals surface area contributed by atoms with E-state index >= 15 is 0 Å². The van der Waals surface area contributed by atoms with Gasteiger partial charge < -0.3 is 10.6 Å². The smallest absolute Gasteiger partial charge is 0.242 e. The Balaban J connectivity index is 2.64. The first-order valence-corrected chi connectivity index (χ1v) is 6.02. The molecule has 17 heavy (non-hydrogen) atoms. The van der Waals surface area contributed by atoms with Crippen LogP contribution in [0.3, 0.4) is 0 Å². The molecule has 0 aliphatic rings. The molecule has 1 aromatic rings. The molecule has 0 aliphatic carbocycles. The van der Waals surface area contributed by atoms with E-state index in [2.05, 4.69) is 20.6 Å². The number of hydrogen-bond donors (Lipinski definition) is 2. The third-order valence-corrected chi connectivity index (χ3v) is 2.47. The van der Waals surface area contributed by atoms with Gasteiger partial charge in [0.05, 0.1) is 6.20 Å². The van der Waals surface area contributed by atoms with Crippen molar-refractivity contribution in [3.63, 3.8) is 0 Å². The van der Waals surface area contributed by atoms with Crippen LogP contribution in [0.15, 0.2) is 6.20 Å². The molecule has 0 spiro atoms. The maximum atomic E-state index is 11.6. The Morgan fingerprint density at radius 1 is 1.53 bits per heavy atom. The lowest BCUT2D eigenvalue weighted by Crippen LogP contribution is -2.38. The predicted octanol–water partition coefficient (Wildman–Crippen LogP) is 2.11. The predicted molar refractivity (Wildman–Crippen MR) is 68.4 cm³/mol. The second kappa shape index (κ2) is 6.61. The number of carbonyl (C=O) groups excluding carboxylic acids is 1. The van der Waals surface area contributed by atoms with Gasteiger partial charge in [-0.25, -0.2) is 4.98 Å². The van der Waals surface area contributed by atoms with Gasteiger partial charge in [-0.3, -0.25) is 4.79 Å². The van der Waals surface area contributed by atoms with Crippen molar-refractivity contribution in [2.24, 2.45) is 0 Å². The average Bonchev–Trinajstić information content (AvgIpc) is 2.30. The third-order valence-electron chi connectivity index (χ3n) is 2.01. The summed E-state index contributed by atoms with van der Waals surface area (Å²) in [4.78, 5) is 19.2. The topological polar surface area (TPSA) is 66.9 Å². The highest BCUT2D eigenvalue weighted by molar-refractivity contribution is 6.33. The standard InChI is InChI=1S/C10H14Cl2N4O/c1-3-4-13-9(17)6(2)15-8-7(11)5-14-10(12)16-8/h5-6H,3-4H2,1-2H3,(H,13,17)(H,14,15,16). The molecule has 0 radical (unpaired) electrons. The fourth-order valence-electron chi connectivity index (χ4n) is 1.12. The molecule has 2 N–H and O–H groups in total. The minimum absolute atomic E-state index is 0.0815. The molecular formula is C10H14Cl2N4O. The van der Waals surface area contributed by atoms with E-state index in [0.717, 1.165) is 6.42 Å². The van der Waals surface area contributed by atoms with Crippen molar-refractivity contribution >= 4 is 34.9 Å². The summed E-state index contributed by atoms with van der Waals surface area (Å²) in [6.45, 7) is 4.35. The van der Waals surface area contributed by atoms with Crippen molar-refractivity contribution in [3.8, 4) is 0 Å². The van der Waals surface area contributed by atoms with E-state index in [4.69, 9.17) is 23.2 Å². The molecule has 1 heterocycles. The quantitative estimate of drug-likeness (QED) is 0.809. The largest absolute Gasteiger partial charge is 0.357 e. The van der Waals surface area contributed by atoms with Crippen LogP contribution < -0.4 is 10.6 Å². The molecule has 5 nitrogen and oxygen atoms in total. The van der Waals surface area contributed by atoms with Crippen molar-refractivity contribution in [2.75, 3.05) is 11.9 Å². The van der Waals surface area contributed by atoms with Gasteiger partial charge >= 0.3 is 0 Å². The van der Waals surface area contributed by atoms with Crippen molar-refractivity contribution in [1.82, 2.24) is 15.3 Å². The summed E-state index contributed by atoms with van der Waals surface area (Å²) < 4.78 is 0. The normalized spacial score (nSPS) is 12.0. The second-order valence-corrected chi connectivity index (χ2v) is 4.24. The van der Waals surface area contributed by atoms with Gasteiger partial charge in [-0.1, -0.05) is 18.5 Å². The summed E-state index contributed by atoms with van der Waals surface area (Å²) in [5.41, 5.74) is 0. The van der Waals surface area contributed by atoms with Crippen LogP contribution in [-0.4, -0.2) is 28.5 Å². The highest BCUT2D eigenvalue weighted by Crippen LogP contribution is 2.19. The zero-order chi connectivity index (χ0) is 12.8. The van der Waals surface area contributed by atoms with Crippen molar-refractivity contribution in [3.05, 3.63) is 16.5 Å². The molecular weight excluding hydrogens is 263 g/mol. The fourth-order valence-corrected chi connectivity index (χ4v) is 1.40. The van der Waals surface area contributed by atoms with Crippen LogP contribution in [0.1, 0.15) is 20.3 Å². The zero-order valence-electron chi connectivity index (χ0n) is 9.63. The number of amides is 1. The summed E-state index contributed by atoms with van der Waals surface area (Å²) in [6.07, 6.45) is 2.27. The number of halogens is 2. The monoisotopic (exact) mass is 276 g/mol. The molecule has 0 fully saturated rings. The van der Waals surface area contributed by atoms with E-state index in [1.165, 1.54) is 6.20 Å². The highest BCUT2D eigenvalue weighted by Gasteiger charge is 2.14. The number of rotatable bonds is 5. The number of hydrogen-bond acceptors (Lipinski definition) is 4. The molecule has 1 amide bonds. The van der Waals surface area contributed by atoms with Gasteiger partial charge in [0.1, 0.15) is 11.1 Å². The molecule has 0 aliphatic heterocycles. The first-order valence-electron chi connectivity index (χ1n) is 5.27. The molecule has 94 valence electrons. The van der Waals surface area contributed by atoms with Gasteiger partial charge in [0, 0.05) is 6.54 Å². The Labute approximate surface area is 110 Å². The molecule has 1 aromatic heterocycles. The number of anilines is 1. The van der Waals surface area contributed by atoms with E-state index in [0.29, 0.717) is 17.4 Å². The van der Waals surface area contributed by atoms with Crippen LogP contribution >= 0.6 is 23.2 Å². The summed E-state index contributed by atoms with van der Waals surface area (Å²) in [7, 11) is 0. The highest BCUT2D eigenvalue weighted by atomic mass is 35.5. The minimum Gasteiger partial charge on any atom is -0.357 e. The Bertz CT molecular complexity index is 400. The van der Waals surface area contributed by atoms with Crippen LogP contribution in [0, 0.1) is 0 Å². The number of aromatic nitrogens is 2. The van der Waals surface area contributed by atoms with Crippen LogP contribution in [0.4, 0.5) is 5.82 Å². The lowest BCUT2D eigenvalue weighted by molar-refractivity contribution is -0.121. The third kappa shape index (κ3) is 4.36. The SMILES string of the molecule is CCCNC(=O)C(C)Nc1nc(Cl)ncc1Cl. The number of nitrogens with zero attached hydrogens (tertiary/aromatic N) is 2. The average molecular weight is 277 g/mol. The van der Waals surface area contributed by atoms with E-state index in [1.54, 1.807) is 6.92 Å². The number of nitrogens with one attached hydrogen (secondary N) is 2. The summed E-state index contributed by atoms with van der Waals surface area (Å²) >= 11 is 11.5. The molecule has 7 heteroatoms. The minimum atomic E-state index is -0.440. The molecule has 1 unspecified atom stereocenters. The molecule has 0 saturated carbocycles. The second-order valence-electron chi connectivity index (χ2n) is 3.49. The van der Waals surface area contributed by atoms with Gasteiger partial charge in [0.15, 0.2) is 5.82 Å². The first kappa shape index (κ1) is 14.0. The summed E-state index contributed by atoms with van der Waals surface area (Å²) in [5.74, 6) is 0.239. The molecule has 1 atom stereocenters. The maximum Gasteiger partial charge on any atom is 0.242 e. The van der Waals surface area contributed by atoms with Crippen molar-refractivity contribution < 1.29 is 4.79 Å². The van der Waals surface area contributed by atoms with Gasteiger partial charge in [-0.15, -0.1) is 0 Å². The lowest BCUT2D eigenvalue weighted by atomic mass is 10.3. The number of carbonyl (C=O) groups is 1. The first-order chi connectivity index (χ1) is 8.04. The van der Waals surface area contributed by atoms with Gasteiger partial charge in [-0.05, 0) is 24.9 Å². The van der Waals surface area contributed by atoms with Crippen LogP contribution in [-0.2, 0) is 4.79 Å². The fraction of sp³-hybridized carbons (Fsp3) is 0.500. The summed E-state index contributed by atoms with van der Waals surface area (Å²) in [6, 6.07) is -0.440. The van der Waals surface area contributed by atoms with Gasteiger partial charge in [0.2, 0.25) is 11.2 Å². The van der Waals surface area contributed by atoms with E-state index in [9.17, 15) is 4.79 Å². The molecule has 0 saturated heterocycles.